The molecular weight excluding hydrogens is 296 g/mol. The van der Waals surface area contributed by atoms with Crippen LogP contribution in [0.25, 0.3) is 11.1 Å². The Hall–Kier alpha value is -1.09. The molecule has 0 amide bonds. The molecule has 0 aliphatic heterocycles. The Morgan fingerprint density at radius 3 is 2.55 bits per heavy atom. The molecule has 0 bridgehead atoms. The predicted molar refractivity (Wildman–Crippen MR) is 81.7 cm³/mol. The van der Waals surface area contributed by atoms with Gasteiger partial charge < -0.3 is 5.32 Å². The van der Waals surface area contributed by atoms with Gasteiger partial charge in [-0.3, -0.25) is 0 Å². The topological polar surface area (TPSA) is 12.0 Å². The van der Waals surface area contributed by atoms with Gasteiger partial charge in [0, 0.05) is 33.8 Å². The van der Waals surface area contributed by atoms with Gasteiger partial charge in [-0.1, -0.05) is 41.4 Å². The van der Waals surface area contributed by atoms with E-state index in [0.29, 0.717) is 28.2 Å². The molecule has 104 valence electrons. The second-order valence-corrected chi connectivity index (χ2v) is 5.93. The molecule has 0 atom stereocenters. The maximum Gasteiger partial charge on any atom is 0.128 e. The molecule has 0 heterocycles. The number of benzene rings is 2. The standard InChI is InChI=1S/C16H14Cl2FN/c17-12-3-6-14(15(18)8-12)10-1-2-11(16(19)7-10)9-20-13-4-5-13/h1-3,6-8,13,20H,4-5,9H2. The summed E-state index contributed by atoms with van der Waals surface area (Å²) in [6, 6.07) is 11.0. The molecule has 1 aliphatic carbocycles. The molecule has 4 heteroatoms. The number of rotatable bonds is 4. The van der Waals surface area contributed by atoms with Crippen molar-refractivity contribution >= 4 is 23.2 Å². The minimum Gasteiger partial charge on any atom is -0.310 e. The molecule has 0 saturated heterocycles. The molecule has 0 aromatic heterocycles. The van der Waals surface area contributed by atoms with Gasteiger partial charge in [0.1, 0.15) is 5.82 Å². The van der Waals surface area contributed by atoms with E-state index in [-0.39, 0.29) is 5.82 Å². The largest absolute Gasteiger partial charge is 0.310 e. The highest BCUT2D eigenvalue weighted by molar-refractivity contribution is 6.36. The Bertz CT molecular complexity index is 638. The van der Waals surface area contributed by atoms with E-state index in [2.05, 4.69) is 5.32 Å². The molecule has 0 radical (unpaired) electrons. The molecule has 1 aliphatic rings. The Balaban J connectivity index is 1.84. The minimum atomic E-state index is -0.207. The fourth-order valence-corrected chi connectivity index (χ4v) is 2.64. The molecule has 3 rings (SSSR count). The summed E-state index contributed by atoms with van der Waals surface area (Å²) in [6.07, 6.45) is 2.39. The number of nitrogens with one attached hydrogen (secondary N) is 1. The summed E-state index contributed by atoms with van der Waals surface area (Å²) in [5.41, 5.74) is 2.24. The van der Waals surface area contributed by atoms with Crippen molar-refractivity contribution in [1.29, 1.82) is 0 Å². The second-order valence-electron chi connectivity index (χ2n) is 5.09. The van der Waals surface area contributed by atoms with Gasteiger partial charge >= 0.3 is 0 Å². The van der Waals surface area contributed by atoms with Crippen LogP contribution in [0.4, 0.5) is 4.39 Å². The molecule has 0 spiro atoms. The third-order valence-corrected chi connectivity index (χ3v) is 4.00. The fraction of sp³-hybridized carbons (Fsp3) is 0.250. The molecule has 2 aromatic carbocycles. The number of hydrogen-bond donors (Lipinski definition) is 1. The number of hydrogen-bond acceptors (Lipinski definition) is 1. The SMILES string of the molecule is Fc1cc(-c2ccc(Cl)cc2Cl)ccc1CNC1CC1. The third kappa shape index (κ3) is 3.14. The zero-order valence-electron chi connectivity index (χ0n) is 10.8. The average molecular weight is 310 g/mol. The van der Waals surface area contributed by atoms with E-state index in [1.54, 1.807) is 12.1 Å². The Morgan fingerprint density at radius 1 is 1.10 bits per heavy atom. The van der Waals surface area contributed by atoms with Crippen LogP contribution in [0.2, 0.25) is 10.0 Å². The van der Waals surface area contributed by atoms with Crippen molar-refractivity contribution in [3.05, 3.63) is 57.8 Å². The lowest BCUT2D eigenvalue weighted by molar-refractivity contribution is 0.587. The highest BCUT2D eigenvalue weighted by Gasteiger charge is 2.20. The first-order chi connectivity index (χ1) is 9.63. The van der Waals surface area contributed by atoms with Crippen LogP contribution in [0, 0.1) is 5.82 Å². The molecule has 1 N–H and O–H groups in total. The van der Waals surface area contributed by atoms with E-state index in [0.717, 1.165) is 11.1 Å². The van der Waals surface area contributed by atoms with Gasteiger partial charge in [0.15, 0.2) is 0 Å². The zero-order chi connectivity index (χ0) is 14.1. The molecule has 20 heavy (non-hydrogen) atoms. The second kappa shape index (κ2) is 5.72. The van der Waals surface area contributed by atoms with Crippen LogP contribution in [-0.4, -0.2) is 6.04 Å². The van der Waals surface area contributed by atoms with Gasteiger partial charge in [0.25, 0.3) is 0 Å². The maximum absolute atomic E-state index is 14.1. The van der Waals surface area contributed by atoms with Crippen LogP contribution in [-0.2, 0) is 6.54 Å². The Morgan fingerprint density at radius 2 is 1.90 bits per heavy atom. The van der Waals surface area contributed by atoms with E-state index in [1.165, 1.54) is 18.9 Å². The molecule has 1 fully saturated rings. The summed E-state index contributed by atoms with van der Waals surface area (Å²) in [7, 11) is 0. The van der Waals surface area contributed by atoms with Crippen LogP contribution in [0.5, 0.6) is 0 Å². The van der Waals surface area contributed by atoms with Crippen LogP contribution in [0.3, 0.4) is 0 Å². The van der Waals surface area contributed by atoms with Gasteiger partial charge in [-0.15, -0.1) is 0 Å². The van der Waals surface area contributed by atoms with Crippen molar-refractivity contribution in [3.63, 3.8) is 0 Å². The molecule has 1 saturated carbocycles. The maximum atomic E-state index is 14.1. The van der Waals surface area contributed by atoms with Gasteiger partial charge in [0.2, 0.25) is 0 Å². The molecule has 0 unspecified atom stereocenters. The van der Waals surface area contributed by atoms with Gasteiger partial charge in [-0.2, -0.15) is 0 Å². The molecule has 2 aromatic rings. The summed E-state index contributed by atoms with van der Waals surface area (Å²) >= 11 is 12.0. The summed E-state index contributed by atoms with van der Waals surface area (Å²) in [5, 5.41) is 4.41. The van der Waals surface area contributed by atoms with Gasteiger partial charge in [-0.25, -0.2) is 4.39 Å². The van der Waals surface area contributed by atoms with Crippen molar-refractivity contribution in [3.8, 4) is 11.1 Å². The lowest BCUT2D eigenvalue weighted by Gasteiger charge is -2.09. The first-order valence-corrected chi connectivity index (χ1v) is 7.36. The van der Waals surface area contributed by atoms with Gasteiger partial charge in [-0.05, 0) is 36.6 Å². The van der Waals surface area contributed by atoms with Crippen molar-refractivity contribution < 1.29 is 4.39 Å². The predicted octanol–water partition coefficient (Wildman–Crippen LogP) is 5.05. The van der Waals surface area contributed by atoms with Crippen LogP contribution >= 0.6 is 23.2 Å². The van der Waals surface area contributed by atoms with E-state index in [4.69, 9.17) is 23.2 Å². The summed E-state index contributed by atoms with van der Waals surface area (Å²) in [5.74, 6) is -0.207. The fourth-order valence-electron chi connectivity index (χ4n) is 2.12. The van der Waals surface area contributed by atoms with Crippen LogP contribution < -0.4 is 5.32 Å². The summed E-state index contributed by atoms with van der Waals surface area (Å²) in [4.78, 5) is 0. The first-order valence-electron chi connectivity index (χ1n) is 6.61. The molecular formula is C16H14Cl2FN. The quantitative estimate of drug-likeness (QED) is 0.833. The van der Waals surface area contributed by atoms with Gasteiger partial charge in [0.05, 0.1) is 0 Å². The van der Waals surface area contributed by atoms with Crippen molar-refractivity contribution in [2.75, 3.05) is 0 Å². The highest BCUT2D eigenvalue weighted by Crippen LogP contribution is 2.31. The van der Waals surface area contributed by atoms with E-state index in [1.807, 2.05) is 18.2 Å². The van der Waals surface area contributed by atoms with Crippen molar-refractivity contribution in [2.45, 2.75) is 25.4 Å². The third-order valence-electron chi connectivity index (χ3n) is 3.45. The lowest BCUT2D eigenvalue weighted by atomic mass is 10.0. The first kappa shape index (κ1) is 13.9. The smallest absolute Gasteiger partial charge is 0.128 e. The molecule has 1 nitrogen and oxygen atoms in total. The zero-order valence-corrected chi connectivity index (χ0v) is 12.3. The monoisotopic (exact) mass is 309 g/mol. The van der Waals surface area contributed by atoms with Crippen molar-refractivity contribution in [2.24, 2.45) is 0 Å². The number of halogens is 3. The Kier molecular flexibility index (Phi) is 3.97. The minimum absolute atomic E-state index is 0.207. The van der Waals surface area contributed by atoms with E-state index < -0.39 is 0 Å². The normalized spacial score (nSPS) is 14.6. The summed E-state index contributed by atoms with van der Waals surface area (Å²) in [6.45, 7) is 0.575. The van der Waals surface area contributed by atoms with Crippen LogP contribution in [0.15, 0.2) is 36.4 Å². The average Bonchev–Trinajstić information content (AvgIpc) is 3.21. The lowest BCUT2D eigenvalue weighted by Crippen LogP contribution is -2.16. The summed E-state index contributed by atoms with van der Waals surface area (Å²) < 4.78 is 14.1. The van der Waals surface area contributed by atoms with Crippen molar-refractivity contribution in [1.82, 2.24) is 5.32 Å². The Labute approximate surface area is 127 Å². The highest BCUT2D eigenvalue weighted by atomic mass is 35.5. The van der Waals surface area contributed by atoms with Crippen LogP contribution in [0.1, 0.15) is 18.4 Å². The van der Waals surface area contributed by atoms with E-state index >= 15 is 0 Å². The van der Waals surface area contributed by atoms with E-state index in [9.17, 15) is 4.39 Å².